The number of hydrogen-bond acceptors (Lipinski definition) is 10. The molecule has 52 heavy (non-hydrogen) atoms. The summed E-state index contributed by atoms with van der Waals surface area (Å²) in [6, 6.07) is 16.0. The Morgan fingerprint density at radius 3 is 1.54 bits per heavy atom. The van der Waals surface area contributed by atoms with Gasteiger partial charge in [0.15, 0.2) is 0 Å². The lowest BCUT2D eigenvalue weighted by Crippen LogP contribution is -2.26. The number of para-hydroxylation sites is 2. The molecule has 0 amide bonds. The van der Waals surface area contributed by atoms with Crippen LogP contribution >= 0.6 is 15.5 Å². The molecule has 0 fully saturated rings. The van der Waals surface area contributed by atoms with Crippen LogP contribution in [-0.2, 0) is 40.1 Å². The molecule has 4 rings (SSSR count). The third-order valence-corrected chi connectivity index (χ3v) is 12.9. The Labute approximate surface area is 311 Å². The fourth-order valence-electron chi connectivity index (χ4n) is 5.95. The largest absolute Gasteiger partial charge is 0.439 e. The third-order valence-electron chi connectivity index (χ3n) is 8.83. The van der Waals surface area contributed by atoms with Crippen molar-refractivity contribution in [2.24, 2.45) is 0 Å². The van der Waals surface area contributed by atoms with Gasteiger partial charge in [0.05, 0.1) is 36.5 Å². The van der Waals surface area contributed by atoms with Crippen LogP contribution in [0.5, 0.6) is 0 Å². The summed E-state index contributed by atoms with van der Waals surface area (Å²) in [7, 11) is 6.62. The van der Waals surface area contributed by atoms with E-state index in [2.05, 4.69) is 43.1 Å². The fraction of sp³-hybridized carbons (Fsp3) is 0.579. The van der Waals surface area contributed by atoms with Crippen LogP contribution in [0.1, 0.15) is 38.3 Å². The second-order valence-corrected chi connectivity index (χ2v) is 18.4. The van der Waals surface area contributed by atoms with E-state index >= 15 is 0 Å². The molecule has 0 aliphatic rings. The van der Waals surface area contributed by atoms with Crippen LogP contribution in [0.4, 0.5) is 0 Å². The van der Waals surface area contributed by atoms with Gasteiger partial charge in [0.2, 0.25) is 0 Å². The molecule has 2 heterocycles. The van der Waals surface area contributed by atoms with Gasteiger partial charge in [0, 0.05) is 55.9 Å². The highest BCUT2D eigenvalue weighted by atomic mass is 31.2. The zero-order valence-electron chi connectivity index (χ0n) is 33.0. The zero-order valence-corrected chi connectivity index (χ0v) is 34.8. The quantitative estimate of drug-likeness (QED) is 0.0726. The van der Waals surface area contributed by atoms with E-state index in [-0.39, 0.29) is 25.4 Å². The maximum atomic E-state index is 14.6. The normalized spacial score (nSPS) is 14.6. The van der Waals surface area contributed by atoms with E-state index < -0.39 is 15.5 Å². The summed E-state index contributed by atoms with van der Waals surface area (Å²) in [4.78, 5) is 8.37. The summed E-state index contributed by atoms with van der Waals surface area (Å²) in [5, 5.41) is 2.08. The minimum absolute atomic E-state index is 0.282. The second kappa shape index (κ2) is 19.3. The van der Waals surface area contributed by atoms with Gasteiger partial charge in [-0.2, -0.15) is 0 Å². The van der Waals surface area contributed by atoms with Crippen LogP contribution in [-0.4, -0.2) is 136 Å². The molecule has 0 aliphatic heterocycles. The Morgan fingerprint density at radius 2 is 1.06 bits per heavy atom. The standard InChI is InChI=1S/C38H62N6O6P2/c1-31(2)49-52(46,44-30-33(20-22-39(4)5)35-15-12-14-18-38(35)44)50-32(3)19-23-42(10)24-21-34-29-43(37-17-13-11-16-36(34)37)51(45,47-27-25-40(6)7)48-28-26-41(8)9/h11-18,29-32H,19-28H2,1-10H3. The Balaban J connectivity index is 1.46. The van der Waals surface area contributed by atoms with Crippen molar-refractivity contribution in [2.45, 2.75) is 52.2 Å². The number of likely N-dealkylation sites (N-methyl/N-ethyl adjacent to an activating group) is 4. The molecule has 12 nitrogen and oxygen atoms in total. The van der Waals surface area contributed by atoms with Gasteiger partial charge >= 0.3 is 15.5 Å². The van der Waals surface area contributed by atoms with E-state index in [1.807, 2.05) is 108 Å². The van der Waals surface area contributed by atoms with Crippen molar-refractivity contribution < 1.29 is 27.2 Å². The molecule has 14 heteroatoms. The molecule has 0 N–H and O–H groups in total. The van der Waals surface area contributed by atoms with Crippen molar-refractivity contribution in [1.82, 2.24) is 28.3 Å². The molecule has 0 bridgehead atoms. The molecule has 0 saturated carbocycles. The van der Waals surface area contributed by atoms with Gasteiger partial charge in [-0.3, -0.25) is 26.8 Å². The minimum atomic E-state index is -3.72. The van der Waals surface area contributed by atoms with Crippen molar-refractivity contribution in [2.75, 3.05) is 95.3 Å². The molecule has 0 saturated heterocycles. The van der Waals surface area contributed by atoms with Crippen LogP contribution in [0.3, 0.4) is 0 Å². The van der Waals surface area contributed by atoms with E-state index in [1.54, 1.807) is 8.68 Å². The second-order valence-electron chi connectivity index (χ2n) is 14.7. The number of fused-ring (bicyclic) bond motifs is 2. The van der Waals surface area contributed by atoms with Crippen molar-refractivity contribution in [3.05, 3.63) is 72.1 Å². The number of nitrogens with zero attached hydrogens (tertiary/aromatic N) is 6. The molecular weight excluding hydrogens is 698 g/mol. The Morgan fingerprint density at radius 1 is 0.596 bits per heavy atom. The maximum absolute atomic E-state index is 14.6. The van der Waals surface area contributed by atoms with Gasteiger partial charge in [0.25, 0.3) is 0 Å². The highest BCUT2D eigenvalue weighted by Gasteiger charge is 2.34. The number of hydrogen-bond donors (Lipinski definition) is 0. The first-order valence-electron chi connectivity index (χ1n) is 18.3. The predicted molar refractivity (Wildman–Crippen MR) is 214 cm³/mol. The van der Waals surface area contributed by atoms with Crippen molar-refractivity contribution >= 4 is 37.3 Å². The van der Waals surface area contributed by atoms with Crippen LogP contribution in [0, 0.1) is 0 Å². The van der Waals surface area contributed by atoms with Crippen molar-refractivity contribution in [1.29, 1.82) is 0 Å². The topological polar surface area (TPSA) is 93.9 Å². The molecule has 2 aromatic carbocycles. The van der Waals surface area contributed by atoms with Gasteiger partial charge in [-0.15, -0.1) is 0 Å². The lowest BCUT2D eigenvalue weighted by molar-refractivity contribution is 0.118. The Bertz CT molecular complexity index is 1790. The average Bonchev–Trinajstić information content (AvgIpc) is 3.64. The summed E-state index contributed by atoms with van der Waals surface area (Å²) >= 11 is 0. The van der Waals surface area contributed by atoms with Gasteiger partial charge in [-0.1, -0.05) is 36.4 Å². The zero-order chi connectivity index (χ0) is 38.1. The van der Waals surface area contributed by atoms with Crippen LogP contribution < -0.4 is 0 Å². The van der Waals surface area contributed by atoms with Gasteiger partial charge in [-0.25, -0.2) is 9.13 Å². The molecule has 2 aromatic heterocycles. The first-order valence-corrected chi connectivity index (χ1v) is 21.3. The number of rotatable bonds is 23. The highest BCUT2D eigenvalue weighted by molar-refractivity contribution is 7.52. The molecule has 4 aromatic rings. The van der Waals surface area contributed by atoms with Gasteiger partial charge < -0.3 is 19.6 Å². The van der Waals surface area contributed by atoms with E-state index in [1.165, 1.54) is 0 Å². The number of benzene rings is 2. The number of aromatic nitrogens is 2. The van der Waals surface area contributed by atoms with Crippen molar-refractivity contribution in [3.8, 4) is 0 Å². The first kappa shape index (κ1) is 42.4. The molecule has 0 aliphatic carbocycles. The lowest BCUT2D eigenvalue weighted by atomic mass is 10.1. The molecule has 290 valence electrons. The predicted octanol–water partition coefficient (Wildman–Crippen LogP) is 7.16. The Hall–Kier alpha value is -2.34. The molecule has 2 unspecified atom stereocenters. The van der Waals surface area contributed by atoms with Gasteiger partial charge in [0.1, 0.15) is 0 Å². The van der Waals surface area contributed by atoms with E-state index in [4.69, 9.17) is 18.1 Å². The summed E-state index contributed by atoms with van der Waals surface area (Å²) in [6.07, 6.45) is 5.48. The summed E-state index contributed by atoms with van der Waals surface area (Å²) < 4.78 is 57.0. The van der Waals surface area contributed by atoms with E-state index in [0.29, 0.717) is 19.5 Å². The maximum Gasteiger partial charge on any atom is 0.439 e. The molecular formula is C38H62N6O6P2. The first-order chi connectivity index (χ1) is 24.6. The van der Waals surface area contributed by atoms with Crippen molar-refractivity contribution in [3.63, 3.8) is 0 Å². The summed E-state index contributed by atoms with van der Waals surface area (Å²) in [5.41, 5.74) is 3.85. The highest BCUT2D eigenvalue weighted by Crippen LogP contribution is 2.55. The Kier molecular flexibility index (Phi) is 15.7. The fourth-order valence-corrected chi connectivity index (χ4v) is 9.68. The van der Waals surface area contributed by atoms with E-state index in [0.717, 1.165) is 65.4 Å². The van der Waals surface area contributed by atoms with Crippen LogP contribution in [0.15, 0.2) is 60.9 Å². The monoisotopic (exact) mass is 760 g/mol. The van der Waals surface area contributed by atoms with E-state index in [9.17, 15) is 9.13 Å². The third kappa shape index (κ3) is 11.6. The molecule has 2 atom stereocenters. The summed E-state index contributed by atoms with van der Waals surface area (Å²) in [6.45, 7) is 9.89. The lowest BCUT2D eigenvalue weighted by Gasteiger charge is -2.26. The van der Waals surface area contributed by atoms with Crippen LogP contribution in [0.2, 0.25) is 0 Å². The minimum Gasteiger partial charge on any atom is -0.309 e. The van der Waals surface area contributed by atoms with Crippen LogP contribution in [0.25, 0.3) is 21.8 Å². The van der Waals surface area contributed by atoms with Gasteiger partial charge in [-0.05, 0) is 113 Å². The SMILES string of the molecule is CC(C)OP(=O)(OC(C)CCN(C)CCc1cn(P(=O)(OCCN(C)C)OCCN(C)C)c2ccccc12)n1cc(CCN(C)C)c2ccccc21. The summed E-state index contributed by atoms with van der Waals surface area (Å²) in [5.74, 6) is 0. The smallest absolute Gasteiger partial charge is 0.309 e. The average molecular weight is 761 g/mol. The molecule has 0 radical (unpaired) electrons. The molecule has 0 spiro atoms.